The van der Waals surface area contributed by atoms with E-state index >= 15 is 4.39 Å². The number of hydrazone groups is 1. The van der Waals surface area contributed by atoms with E-state index in [4.69, 9.17) is 28.2 Å². The maximum atomic E-state index is 15.2. The highest BCUT2D eigenvalue weighted by atomic mass is 35.5. The summed E-state index contributed by atoms with van der Waals surface area (Å²) in [6.07, 6.45) is 7.16. The highest BCUT2D eigenvalue weighted by molar-refractivity contribution is 6.35. The Hall–Kier alpha value is -1.89. The minimum atomic E-state index is -0.891. The first-order chi connectivity index (χ1) is 15.9. The third-order valence-electron chi connectivity index (χ3n) is 6.79. The van der Waals surface area contributed by atoms with Crippen LogP contribution in [0.3, 0.4) is 0 Å². The number of hydrogen-bond acceptors (Lipinski definition) is 4. The Balaban J connectivity index is 1.50. The summed E-state index contributed by atoms with van der Waals surface area (Å²) in [6, 6.07) is 5.29. The van der Waals surface area contributed by atoms with Gasteiger partial charge in [0.15, 0.2) is 5.84 Å². The number of aliphatic imine (C=N–C) groups is 1. The van der Waals surface area contributed by atoms with Crippen LogP contribution in [-0.2, 0) is 0 Å². The van der Waals surface area contributed by atoms with Crippen LogP contribution >= 0.6 is 23.2 Å². The second-order valence-electron chi connectivity index (χ2n) is 8.95. The van der Waals surface area contributed by atoms with Crippen LogP contribution < -0.4 is 0 Å². The lowest BCUT2D eigenvalue weighted by molar-refractivity contribution is 0.0353. The summed E-state index contributed by atoms with van der Waals surface area (Å²) in [7, 11) is 0. The van der Waals surface area contributed by atoms with E-state index < -0.39 is 6.17 Å². The van der Waals surface area contributed by atoms with E-state index in [1.807, 2.05) is 42.0 Å². The molecule has 0 saturated carbocycles. The Labute approximate surface area is 206 Å². The fourth-order valence-electron chi connectivity index (χ4n) is 4.96. The fourth-order valence-corrected chi connectivity index (χ4v) is 5.52. The maximum Gasteiger partial charge on any atom is 0.160 e. The molecule has 8 heteroatoms. The molecule has 0 aromatic heterocycles. The van der Waals surface area contributed by atoms with Crippen molar-refractivity contribution in [3.05, 3.63) is 57.9 Å². The van der Waals surface area contributed by atoms with Gasteiger partial charge >= 0.3 is 0 Å². The summed E-state index contributed by atoms with van der Waals surface area (Å²) in [5.41, 5.74) is 1.61. The van der Waals surface area contributed by atoms with E-state index in [0.29, 0.717) is 28.0 Å². The molecule has 178 valence electrons. The fraction of sp³-hybridized carbons (Fsp3) is 0.520. The third kappa shape index (κ3) is 5.28. The van der Waals surface area contributed by atoms with Gasteiger partial charge in [0, 0.05) is 28.2 Å². The van der Waals surface area contributed by atoms with Crippen molar-refractivity contribution in [3.8, 4) is 0 Å². The summed E-state index contributed by atoms with van der Waals surface area (Å²) >= 11 is 12.5. The Morgan fingerprint density at radius 3 is 2.67 bits per heavy atom. The molecule has 1 aromatic carbocycles. The van der Waals surface area contributed by atoms with Crippen molar-refractivity contribution in [2.24, 2.45) is 10.1 Å². The monoisotopic (exact) mass is 491 g/mol. The van der Waals surface area contributed by atoms with Gasteiger partial charge in [-0.3, -0.25) is 4.90 Å². The molecule has 3 unspecified atom stereocenters. The molecule has 1 aromatic rings. The van der Waals surface area contributed by atoms with Crippen molar-refractivity contribution in [3.63, 3.8) is 0 Å². The van der Waals surface area contributed by atoms with Crippen molar-refractivity contribution in [1.29, 1.82) is 0 Å². The molecule has 0 radical (unpaired) electrons. The number of benzene rings is 1. The summed E-state index contributed by atoms with van der Waals surface area (Å²) in [5.74, 6) is 1.39. The standard InChI is InChI=1S/C25H32Cl2FN5/c1-4-24(32-13-10-23(22(28)16-32)31-11-6-5-7-12-31)30-25-17(2)15-29-33(25)18(3)20-9-8-19(26)14-21(20)27/h4,8-9,14-15,18,22-23H,2,5-7,10-13,16H2,1,3H3/b24-4+,30-25+. The van der Waals surface area contributed by atoms with Gasteiger partial charge in [0.2, 0.25) is 0 Å². The normalized spacial score (nSPS) is 27.0. The van der Waals surface area contributed by atoms with Gasteiger partial charge in [-0.25, -0.2) is 14.4 Å². The van der Waals surface area contributed by atoms with Crippen LogP contribution in [0.25, 0.3) is 0 Å². The van der Waals surface area contributed by atoms with Crippen molar-refractivity contribution in [1.82, 2.24) is 14.8 Å². The lowest BCUT2D eigenvalue weighted by Gasteiger charge is -2.42. The SMILES string of the molecule is C=C1C=NN(C(C)c2ccc(Cl)cc2Cl)/C1=N/C(=C\C)N1CCC(N2CCCCC2)C(F)C1. The van der Waals surface area contributed by atoms with Crippen LogP contribution in [-0.4, -0.2) is 65.3 Å². The molecular formula is C25H32Cl2FN5. The number of rotatable bonds is 5. The molecule has 0 spiro atoms. The Kier molecular flexibility index (Phi) is 7.77. The zero-order valence-corrected chi connectivity index (χ0v) is 20.9. The van der Waals surface area contributed by atoms with Gasteiger partial charge < -0.3 is 4.90 Å². The third-order valence-corrected chi connectivity index (χ3v) is 7.35. The number of amidine groups is 1. The highest BCUT2D eigenvalue weighted by Crippen LogP contribution is 2.33. The lowest BCUT2D eigenvalue weighted by atomic mass is 9.98. The van der Waals surface area contributed by atoms with Gasteiger partial charge in [-0.2, -0.15) is 5.10 Å². The number of nitrogens with zero attached hydrogens (tertiary/aromatic N) is 5. The van der Waals surface area contributed by atoms with Crippen molar-refractivity contribution in [2.45, 2.75) is 57.8 Å². The van der Waals surface area contributed by atoms with Gasteiger partial charge in [-0.05, 0) is 70.0 Å². The van der Waals surface area contributed by atoms with Gasteiger partial charge in [-0.15, -0.1) is 0 Å². The van der Waals surface area contributed by atoms with E-state index in [1.54, 1.807) is 12.3 Å². The zero-order valence-electron chi connectivity index (χ0n) is 19.4. The van der Waals surface area contributed by atoms with E-state index in [1.165, 1.54) is 19.3 Å². The zero-order chi connectivity index (χ0) is 23.5. The lowest BCUT2D eigenvalue weighted by Crippen LogP contribution is -2.53. The summed E-state index contributed by atoms with van der Waals surface area (Å²) in [6.45, 7) is 11.2. The topological polar surface area (TPSA) is 34.4 Å². The molecular weight excluding hydrogens is 460 g/mol. The van der Waals surface area contributed by atoms with Crippen LogP contribution in [0, 0.1) is 0 Å². The number of hydrogen-bond donors (Lipinski definition) is 0. The number of piperidine rings is 2. The van der Waals surface area contributed by atoms with Crippen molar-refractivity contribution >= 4 is 35.3 Å². The predicted octanol–water partition coefficient (Wildman–Crippen LogP) is 6.07. The van der Waals surface area contributed by atoms with Crippen LogP contribution in [0.2, 0.25) is 10.0 Å². The molecule has 0 N–H and O–H groups in total. The molecule has 5 nitrogen and oxygen atoms in total. The van der Waals surface area contributed by atoms with E-state index in [2.05, 4.69) is 16.6 Å². The average Bonchev–Trinajstić information content (AvgIpc) is 3.17. The first-order valence-electron chi connectivity index (χ1n) is 11.7. The minimum absolute atomic E-state index is 0.0145. The second-order valence-corrected chi connectivity index (χ2v) is 9.80. The molecule has 3 aliphatic heterocycles. The molecule has 2 fully saturated rings. The molecule has 2 saturated heterocycles. The van der Waals surface area contributed by atoms with Crippen LogP contribution in [0.1, 0.15) is 51.1 Å². The predicted molar refractivity (Wildman–Crippen MR) is 136 cm³/mol. The van der Waals surface area contributed by atoms with E-state index in [-0.39, 0.29) is 12.1 Å². The summed E-state index contributed by atoms with van der Waals surface area (Å²) < 4.78 is 15.2. The second kappa shape index (κ2) is 10.6. The van der Waals surface area contributed by atoms with E-state index in [0.717, 1.165) is 37.4 Å². The van der Waals surface area contributed by atoms with E-state index in [9.17, 15) is 0 Å². The molecule has 3 atom stereocenters. The summed E-state index contributed by atoms with van der Waals surface area (Å²) in [4.78, 5) is 9.29. The highest BCUT2D eigenvalue weighted by Gasteiger charge is 2.35. The summed E-state index contributed by atoms with van der Waals surface area (Å²) in [5, 5.41) is 7.50. The van der Waals surface area contributed by atoms with Crippen LogP contribution in [0.4, 0.5) is 4.39 Å². The Morgan fingerprint density at radius 2 is 2.00 bits per heavy atom. The number of allylic oxidation sites excluding steroid dienone is 1. The van der Waals surface area contributed by atoms with Crippen LogP contribution in [0.15, 0.2) is 52.3 Å². The number of alkyl halides is 1. The number of halogens is 3. The minimum Gasteiger partial charge on any atom is -0.354 e. The average molecular weight is 492 g/mol. The van der Waals surface area contributed by atoms with Gasteiger partial charge in [0.1, 0.15) is 12.0 Å². The molecule has 4 rings (SSSR count). The largest absolute Gasteiger partial charge is 0.354 e. The molecule has 0 amide bonds. The quantitative estimate of drug-likeness (QED) is 0.501. The Morgan fingerprint density at radius 1 is 1.24 bits per heavy atom. The first kappa shape index (κ1) is 24.2. The van der Waals surface area contributed by atoms with Gasteiger partial charge in [-0.1, -0.05) is 42.3 Å². The van der Waals surface area contributed by atoms with Gasteiger partial charge in [0.05, 0.1) is 18.8 Å². The maximum absolute atomic E-state index is 15.2. The first-order valence-corrected chi connectivity index (χ1v) is 12.5. The number of likely N-dealkylation sites (tertiary alicyclic amines) is 2. The van der Waals surface area contributed by atoms with Gasteiger partial charge in [0.25, 0.3) is 0 Å². The molecule has 33 heavy (non-hydrogen) atoms. The Bertz CT molecular complexity index is 970. The molecule has 0 bridgehead atoms. The van der Waals surface area contributed by atoms with Crippen molar-refractivity contribution < 1.29 is 4.39 Å². The molecule has 0 aliphatic carbocycles. The smallest absolute Gasteiger partial charge is 0.160 e. The van der Waals surface area contributed by atoms with Crippen LogP contribution in [0.5, 0.6) is 0 Å². The molecule has 3 heterocycles. The molecule has 3 aliphatic rings. The van der Waals surface area contributed by atoms with Crippen molar-refractivity contribution in [2.75, 3.05) is 26.2 Å².